The van der Waals surface area contributed by atoms with Gasteiger partial charge in [0.25, 0.3) is 0 Å². The van der Waals surface area contributed by atoms with Crippen molar-refractivity contribution in [2.45, 2.75) is 79.1 Å². The summed E-state index contributed by atoms with van der Waals surface area (Å²) >= 11 is 0. The first-order valence-corrected chi connectivity index (χ1v) is 8.38. The number of rotatable bonds is 6. The summed E-state index contributed by atoms with van der Waals surface area (Å²) in [4.78, 5) is 0. The molecule has 0 saturated carbocycles. The third-order valence-electron chi connectivity index (χ3n) is 3.94. The predicted molar refractivity (Wildman–Crippen MR) is 92.0 cm³/mol. The summed E-state index contributed by atoms with van der Waals surface area (Å²) in [6, 6.07) is 0. The SMILES string of the molecule is CCCCC1=CC(C)=CC1.CCCCC1=CC(C)=CC1.[Cl-].[Cl-].[Zr+2]. The average molecular weight is 435 g/mol. The van der Waals surface area contributed by atoms with E-state index in [-0.39, 0.29) is 51.0 Å². The normalized spacial score (nSPS) is 14.8. The summed E-state index contributed by atoms with van der Waals surface area (Å²) in [5.41, 5.74) is 6.15. The Morgan fingerprint density at radius 3 is 1.30 bits per heavy atom. The van der Waals surface area contributed by atoms with Crippen LogP contribution in [0.4, 0.5) is 0 Å². The maximum Gasteiger partial charge on any atom is 2.00 e. The molecule has 0 amide bonds. The average Bonchev–Trinajstić information content (AvgIpc) is 3.03. The fourth-order valence-corrected chi connectivity index (χ4v) is 2.62. The van der Waals surface area contributed by atoms with Crippen molar-refractivity contribution in [1.82, 2.24) is 0 Å². The molecule has 2 aliphatic rings. The van der Waals surface area contributed by atoms with Gasteiger partial charge >= 0.3 is 26.2 Å². The minimum atomic E-state index is 0. The van der Waals surface area contributed by atoms with E-state index in [0.717, 1.165) is 0 Å². The van der Waals surface area contributed by atoms with Crippen molar-refractivity contribution in [3.63, 3.8) is 0 Å². The maximum absolute atomic E-state index is 2.33. The quantitative estimate of drug-likeness (QED) is 0.583. The molecule has 130 valence electrons. The molecule has 0 saturated heterocycles. The van der Waals surface area contributed by atoms with Gasteiger partial charge in [0.2, 0.25) is 0 Å². The second-order valence-electron chi connectivity index (χ2n) is 6.12. The van der Waals surface area contributed by atoms with Gasteiger partial charge in [-0.05, 0) is 52.4 Å². The van der Waals surface area contributed by atoms with E-state index < -0.39 is 0 Å². The second kappa shape index (κ2) is 17.3. The molecule has 0 bridgehead atoms. The molecule has 0 radical (unpaired) electrons. The fraction of sp³-hybridized carbons (Fsp3) is 0.600. The van der Waals surface area contributed by atoms with E-state index in [1.54, 1.807) is 11.1 Å². The zero-order chi connectivity index (χ0) is 14.8. The molecule has 0 fully saturated rings. The van der Waals surface area contributed by atoms with Crippen molar-refractivity contribution >= 4 is 0 Å². The van der Waals surface area contributed by atoms with Gasteiger partial charge in [-0.15, -0.1) is 0 Å². The van der Waals surface area contributed by atoms with Crippen molar-refractivity contribution in [2.75, 3.05) is 0 Å². The molecule has 2 aliphatic carbocycles. The third kappa shape index (κ3) is 13.4. The molecule has 0 aromatic heterocycles. The Morgan fingerprint density at radius 2 is 1.09 bits per heavy atom. The van der Waals surface area contributed by atoms with Gasteiger partial charge in [0.05, 0.1) is 0 Å². The number of hydrogen-bond donors (Lipinski definition) is 0. The summed E-state index contributed by atoms with van der Waals surface area (Å²) in [5, 5.41) is 0. The van der Waals surface area contributed by atoms with Crippen LogP contribution in [0, 0.1) is 0 Å². The van der Waals surface area contributed by atoms with Gasteiger partial charge in [-0.2, -0.15) is 0 Å². The van der Waals surface area contributed by atoms with Gasteiger partial charge in [-0.3, -0.25) is 0 Å². The maximum atomic E-state index is 2.33. The molecule has 0 aromatic carbocycles. The van der Waals surface area contributed by atoms with E-state index in [1.807, 2.05) is 0 Å². The minimum Gasteiger partial charge on any atom is -1.00 e. The largest absolute Gasteiger partial charge is 2.00 e. The van der Waals surface area contributed by atoms with Crippen LogP contribution in [-0.4, -0.2) is 0 Å². The van der Waals surface area contributed by atoms with Gasteiger partial charge in [0, 0.05) is 0 Å². The van der Waals surface area contributed by atoms with Crippen LogP contribution in [-0.2, 0) is 26.2 Å². The Hall–Kier alpha value is 0.423. The van der Waals surface area contributed by atoms with Crippen molar-refractivity contribution in [3.05, 3.63) is 46.6 Å². The van der Waals surface area contributed by atoms with Crippen LogP contribution in [0.1, 0.15) is 79.1 Å². The summed E-state index contributed by atoms with van der Waals surface area (Å²) in [7, 11) is 0. The minimum absolute atomic E-state index is 0. The van der Waals surface area contributed by atoms with Gasteiger partial charge in [-0.25, -0.2) is 0 Å². The van der Waals surface area contributed by atoms with Crippen LogP contribution >= 0.6 is 0 Å². The first kappa shape index (κ1) is 28.2. The van der Waals surface area contributed by atoms with E-state index in [0.29, 0.717) is 0 Å². The molecule has 0 unspecified atom stereocenters. The molecule has 0 atom stereocenters. The second-order valence-corrected chi connectivity index (χ2v) is 6.12. The zero-order valence-electron chi connectivity index (χ0n) is 15.2. The molecule has 0 N–H and O–H groups in total. The van der Waals surface area contributed by atoms with Crippen LogP contribution in [0.25, 0.3) is 0 Å². The smallest absolute Gasteiger partial charge is 1.00 e. The number of hydrogen-bond acceptors (Lipinski definition) is 0. The van der Waals surface area contributed by atoms with E-state index >= 15 is 0 Å². The topological polar surface area (TPSA) is 0 Å². The molecule has 23 heavy (non-hydrogen) atoms. The van der Waals surface area contributed by atoms with Crippen molar-refractivity contribution in [1.29, 1.82) is 0 Å². The fourth-order valence-electron chi connectivity index (χ4n) is 2.62. The third-order valence-corrected chi connectivity index (χ3v) is 3.94. The van der Waals surface area contributed by atoms with Gasteiger partial charge in [0.15, 0.2) is 0 Å². The van der Waals surface area contributed by atoms with Crippen molar-refractivity contribution in [3.8, 4) is 0 Å². The van der Waals surface area contributed by atoms with Crippen LogP contribution in [0.5, 0.6) is 0 Å². The summed E-state index contributed by atoms with van der Waals surface area (Å²) in [6.07, 6.45) is 19.7. The van der Waals surface area contributed by atoms with E-state index in [9.17, 15) is 0 Å². The molecule has 0 aromatic rings. The Kier molecular flexibility index (Phi) is 21.2. The standard InChI is InChI=1S/2C10H16.2ClH.Zr/c2*1-3-4-5-10-7-6-9(2)8-10;;;/h2*6,8H,3-5,7H2,1-2H3;2*1H;/q;;;;+2/p-2. The monoisotopic (exact) mass is 432 g/mol. The zero-order valence-corrected chi connectivity index (χ0v) is 19.2. The molecule has 0 nitrogen and oxygen atoms in total. The molecule has 0 heterocycles. The summed E-state index contributed by atoms with van der Waals surface area (Å²) in [5.74, 6) is 0. The molecular weight excluding hydrogens is 402 g/mol. The molecule has 0 spiro atoms. The Bertz CT molecular complexity index is 377. The Balaban J connectivity index is -0.000000308. The number of unbranched alkanes of at least 4 members (excludes halogenated alkanes) is 2. The molecule has 2 rings (SSSR count). The van der Waals surface area contributed by atoms with Crippen molar-refractivity contribution in [2.24, 2.45) is 0 Å². The van der Waals surface area contributed by atoms with Crippen LogP contribution in [0.15, 0.2) is 46.6 Å². The molecular formula is C20H32Cl2Zr. The summed E-state index contributed by atoms with van der Waals surface area (Å²) < 4.78 is 0. The van der Waals surface area contributed by atoms with Crippen LogP contribution < -0.4 is 24.8 Å². The Morgan fingerprint density at radius 1 is 0.739 bits per heavy atom. The van der Waals surface area contributed by atoms with Crippen molar-refractivity contribution < 1.29 is 51.0 Å². The first-order valence-electron chi connectivity index (χ1n) is 8.38. The molecule has 3 heteroatoms. The van der Waals surface area contributed by atoms with E-state index in [1.165, 1.54) is 62.5 Å². The number of allylic oxidation sites excluding steroid dienone is 8. The predicted octanol–water partition coefficient (Wildman–Crippen LogP) is 0.912. The van der Waals surface area contributed by atoms with Gasteiger partial charge in [0.1, 0.15) is 0 Å². The van der Waals surface area contributed by atoms with Gasteiger partial charge in [-0.1, -0.05) is 73.3 Å². The number of halogens is 2. The van der Waals surface area contributed by atoms with E-state index in [4.69, 9.17) is 0 Å². The summed E-state index contributed by atoms with van der Waals surface area (Å²) in [6.45, 7) is 8.85. The van der Waals surface area contributed by atoms with Crippen LogP contribution in [0.3, 0.4) is 0 Å². The van der Waals surface area contributed by atoms with Gasteiger partial charge < -0.3 is 24.8 Å². The van der Waals surface area contributed by atoms with Crippen LogP contribution in [0.2, 0.25) is 0 Å². The molecule has 0 aliphatic heterocycles. The Labute approximate surface area is 175 Å². The first-order chi connectivity index (χ1) is 9.65. The van der Waals surface area contributed by atoms with E-state index in [2.05, 4.69) is 52.0 Å².